The first-order valence-electron chi connectivity index (χ1n) is 11.2. The summed E-state index contributed by atoms with van der Waals surface area (Å²) in [7, 11) is 1.99. The molecule has 1 fully saturated rings. The average molecular weight is 500 g/mol. The molecule has 1 aliphatic rings. The zero-order chi connectivity index (χ0) is 24.7. The Kier molecular flexibility index (Phi) is 6.02. The molecule has 0 bridgehead atoms. The van der Waals surface area contributed by atoms with Gasteiger partial charge in [-0.25, -0.2) is 4.68 Å². The molecule has 0 saturated carbocycles. The minimum Gasteiger partial charge on any atom is -0.369 e. The highest BCUT2D eigenvalue weighted by atomic mass is 32.1. The Morgan fingerprint density at radius 1 is 1.00 bits per heavy atom. The van der Waals surface area contributed by atoms with Crippen LogP contribution in [0.1, 0.15) is 20.9 Å². The van der Waals surface area contributed by atoms with Gasteiger partial charge in [0.1, 0.15) is 4.83 Å². The number of nitrogens with one attached hydrogen (secondary N) is 1. The molecule has 10 heteroatoms. The number of hydrogen-bond donors (Lipinski definition) is 1. The van der Waals surface area contributed by atoms with E-state index < -0.39 is 17.6 Å². The number of carbonyl (C=O) groups is 1. The maximum Gasteiger partial charge on any atom is 0.418 e. The zero-order valence-electron chi connectivity index (χ0n) is 19.3. The molecule has 0 radical (unpaired) electrons. The molecule has 35 heavy (non-hydrogen) atoms. The summed E-state index contributed by atoms with van der Waals surface area (Å²) >= 11 is 1.20. The molecule has 0 spiro atoms. The number of aryl methyl sites for hydroxylation is 1. The Balaban J connectivity index is 1.44. The topological polar surface area (TPSA) is 53.4 Å². The summed E-state index contributed by atoms with van der Waals surface area (Å²) in [5.41, 5.74) is 0.989. The molecule has 0 aliphatic carbocycles. The molecule has 182 valence electrons. The Labute approximate surface area is 204 Å². The van der Waals surface area contributed by atoms with Crippen molar-refractivity contribution >= 4 is 38.8 Å². The van der Waals surface area contributed by atoms with E-state index in [4.69, 9.17) is 0 Å². The fraction of sp³-hybridized carbons (Fsp3) is 0.280. The van der Waals surface area contributed by atoms with Crippen molar-refractivity contribution < 1.29 is 18.0 Å². The number of piperazine rings is 1. The fourth-order valence-corrected chi connectivity index (χ4v) is 5.30. The van der Waals surface area contributed by atoms with Gasteiger partial charge in [0.05, 0.1) is 27.5 Å². The van der Waals surface area contributed by atoms with E-state index in [1.165, 1.54) is 17.4 Å². The second kappa shape index (κ2) is 9.01. The summed E-state index contributed by atoms with van der Waals surface area (Å²) < 4.78 is 43.6. The third-order valence-corrected chi connectivity index (χ3v) is 7.30. The molecule has 3 heterocycles. The van der Waals surface area contributed by atoms with Crippen LogP contribution in [0.3, 0.4) is 0 Å². The Morgan fingerprint density at radius 2 is 1.71 bits per heavy atom. The van der Waals surface area contributed by atoms with Gasteiger partial charge in [-0.2, -0.15) is 18.3 Å². The summed E-state index contributed by atoms with van der Waals surface area (Å²) in [5, 5.41) is 7.84. The second-order valence-corrected chi connectivity index (χ2v) is 9.66. The van der Waals surface area contributed by atoms with Crippen LogP contribution in [-0.4, -0.2) is 53.8 Å². The number of para-hydroxylation sites is 1. The van der Waals surface area contributed by atoms with Gasteiger partial charge >= 0.3 is 6.18 Å². The van der Waals surface area contributed by atoms with Crippen molar-refractivity contribution in [2.45, 2.75) is 13.1 Å². The van der Waals surface area contributed by atoms with E-state index in [0.717, 1.165) is 40.8 Å². The second-order valence-electron chi connectivity index (χ2n) is 8.63. The van der Waals surface area contributed by atoms with Gasteiger partial charge in [0.15, 0.2) is 0 Å². The number of carbonyl (C=O) groups excluding carboxylic acids is 1. The van der Waals surface area contributed by atoms with Gasteiger partial charge in [-0.3, -0.25) is 4.79 Å². The maximum atomic E-state index is 13.9. The average Bonchev–Trinajstić information content (AvgIpc) is 3.40. The Hall–Kier alpha value is -3.37. The predicted molar refractivity (Wildman–Crippen MR) is 133 cm³/mol. The minimum atomic E-state index is -4.60. The van der Waals surface area contributed by atoms with E-state index in [0.29, 0.717) is 23.7 Å². The van der Waals surface area contributed by atoms with Crippen LogP contribution in [0.15, 0.2) is 54.6 Å². The summed E-state index contributed by atoms with van der Waals surface area (Å²) in [4.78, 5) is 18.2. The fourth-order valence-electron chi connectivity index (χ4n) is 4.22. The maximum absolute atomic E-state index is 13.9. The molecule has 5 rings (SSSR count). The highest BCUT2D eigenvalue weighted by Gasteiger charge is 2.35. The SMILES string of the molecule is Cc1nn(-c2ccccc2)c2sc(C(=O)Nc3ccc(N4CCN(C)CC4)cc3C(F)(F)F)cc12. The normalized spacial score (nSPS) is 15.1. The molecule has 1 N–H and O–H groups in total. The molecule has 4 aromatic rings. The van der Waals surface area contributed by atoms with Crippen molar-refractivity contribution in [3.05, 3.63) is 70.7 Å². The molecular formula is C25H24F3N5OS. The van der Waals surface area contributed by atoms with Gasteiger partial charge in [-0.1, -0.05) is 18.2 Å². The number of benzene rings is 2. The Morgan fingerprint density at radius 3 is 2.40 bits per heavy atom. The first kappa shape index (κ1) is 23.4. The number of anilines is 2. The van der Waals surface area contributed by atoms with Crippen molar-refractivity contribution in [1.29, 1.82) is 0 Å². The third kappa shape index (κ3) is 4.63. The number of aromatic nitrogens is 2. The molecule has 2 aromatic heterocycles. The number of fused-ring (bicyclic) bond motifs is 1. The summed E-state index contributed by atoms with van der Waals surface area (Å²) in [6.07, 6.45) is -4.60. The van der Waals surface area contributed by atoms with Crippen molar-refractivity contribution in [2.24, 2.45) is 0 Å². The van der Waals surface area contributed by atoms with Crippen molar-refractivity contribution in [3.8, 4) is 5.69 Å². The van der Waals surface area contributed by atoms with Gasteiger partial charge in [0, 0.05) is 37.3 Å². The first-order chi connectivity index (χ1) is 16.7. The van der Waals surface area contributed by atoms with Crippen LogP contribution in [0.4, 0.5) is 24.5 Å². The quantitative estimate of drug-likeness (QED) is 0.408. The van der Waals surface area contributed by atoms with Crippen LogP contribution < -0.4 is 10.2 Å². The van der Waals surface area contributed by atoms with Gasteiger partial charge in [0.2, 0.25) is 0 Å². The highest BCUT2D eigenvalue weighted by Crippen LogP contribution is 2.38. The van der Waals surface area contributed by atoms with Gasteiger partial charge in [-0.05, 0) is 50.4 Å². The molecular weight excluding hydrogens is 475 g/mol. The van der Waals surface area contributed by atoms with E-state index in [1.807, 2.05) is 49.2 Å². The van der Waals surface area contributed by atoms with Crippen LogP contribution in [0.25, 0.3) is 15.9 Å². The highest BCUT2D eigenvalue weighted by molar-refractivity contribution is 7.20. The molecule has 0 unspecified atom stereocenters. The molecule has 1 saturated heterocycles. The van der Waals surface area contributed by atoms with Gasteiger partial charge < -0.3 is 15.1 Å². The predicted octanol–water partition coefficient (Wildman–Crippen LogP) is 5.42. The number of hydrogen-bond acceptors (Lipinski definition) is 5. The van der Waals surface area contributed by atoms with Crippen molar-refractivity contribution in [2.75, 3.05) is 43.4 Å². The van der Waals surface area contributed by atoms with Crippen LogP contribution in [0.5, 0.6) is 0 Å². The van der Waals surface area contributed by atoms with Crippen LogP contribution in [-0.2, 0) is 6.18 Å². The first-order valence-corrected chi connectivity index (χ1v) is 12.0. The van der Waals surface area contributed by atoms with Crippen molar-refractivity contribution in [1.82, 2.24) is 14.7 Å². The van der Waals surface area contributed by atoms with E-state index >= 15 is 0 Å². The third-order valence-electron chi connectivity index (χ3n) is 6.19. The van der Waals surface area contributed by atoms with Crippen molar-refractivity contribution in [3.63, 3.8) is 0 Å². The summed E-state index contributed by atoms with van der Waals surface area (Å²) in [5.74, 6) is -0.581. The standard InChI is InChI=1S/C25H24F3N5OS/c1-16-19-15-22(35-24(19)33(30-16)17-6-4-3-5-7-17)23(34)29-21-9-8-18(14-20(21)25(26,27)28)32-12-10-31(2)11-13-32/h3-9,14-15H,10-13H2,1-2H3,(H,29,34). The number of amides is 1. The van der Waals surface area contributed by atoms with Crippen LogP contribution in [0.2, 0.25) is 0 Å². The molecule has 1 amide bonds. The number of rotatable bonds is 4. The minimum absolute atomic E-state index is 0.251. The lowest BCUT2D eigenvalue weighted by Gasteiger charge is -2.34. The molecule has 1 aliphatic heterocycles. The lowest BCUT2D eigenvalue weighted by molar-refractivity contribution is -0.136. The number of halogens is 3. The zero-order valence-corrected chi connectivity index (χ0v) is 20.1. The molecule has 0 atom stereocenters. The summed E-state index contributed by atoms with van der Waals surface area (Å²) in [6, 6.07) is 15.3. The molecule has 2 aromatic carbocycles. The summed E-state index contributed by atoms with van der Waals surface area (Å²) in [6.45, 7) is 4.71. The van der Waals surface area contributed by atoms with E-state index in [9.17, 15) is 18.0 Å². The van der Waals surface area contributed by atoms with E-state index in [-0.39, 0.29) is 5.69 Å². The number of likely N-dealkylation sites (N-methyl/N-ethyl adjacent to an activating group) is 1. The van der Waals surface area contributed by atoms with Crippen LogP contribution >= 0.6 is 11.3 Å². The van der Waals surface area contributed by atoms with Gasteiger partial charge in [0.25, 0.3) is 5.91 Å². The van der Waals surface area contributed by atoms with Gasteiger partial charge in [-0.15, -0.1) is 11.3 Å². The molecule has 6 nitrogen and oxygen atoms in total. The smallest absolute Gasteiger partial charge is 0.369 e. The largest absolute Gasteiger partial charge is 0.418 e. The van der Waals surface area contributed by atoms with E-state index in [1.54, 1.807) is 16.8 Å². The van der Waals surface area contributed by atoms with Crippen LogP contribution in [0, 0.1) is 6.92 Å². The monoisotopic (exact) mass is 499 g/mol. The number of thiophene rings is 1. The van der Waals surface area contributed by atoms with E-state index in [2.05, 4.69) is 15.3 Å². The number of alkyl halides is 3. The number of nitrogens with zero attached hydrogens (tertiary/aromatic N) is 4. The lowest BCUT2D eigenvalue weighted by atomic mass is 10.1. The Bertz CT molecular complexity index is 1370. The lowest BCUT2D eigenvalue weighted by Crippen LogP contribution is -2.44.